The molecule has 1 aromatic carbocycles. The van der Waals surface area contributed by atoms with Crippen LogP contribution in [0, 0.1) is 0 Å². The van der Waals surface area contributed by atoms with Crippen molar-refractivity contribution in [1.29, 1.82) is 0 Å². The van der Waals surface area contributed by atoms with Crippen LogP contribution in [-0.4, -0.2) is 36.6 Å². The number of esters is 1. The van der Waals surface area contributed by atoms with Crippen LogP contribution in [0.2, 0.25) is 0 Å². The highest BCUT2D eigenvalue weighted by Gasteiger charge is 2.16. The van der Waals surface area contributed by atoms with E-state index in [-0.39, 0.29) is 18.4 Å². The fourth-order valence-electron chi connectivity index (χ4n) is 3.08. The van der Waals surface area contributed by atoms with Gasteiger partial charge in [-0.3, -0.25) is 0 Å². The minimum atomic E-state index is -0.206. The molecule has 23 heavy (non-hydrogen) atoms. The first kappa shape index (κ1) is 20.0. The number of benzene rings is 1. The predicted molar refractivity (Wildman–Crippen MR) is 97.3 cm³/mol. The summed E-state index contributed by atoms with van der Waals surface area (Å²) >= 11 is 0. The molecule has 1 unspecified atom stereocenters. The van der Waals surface area contributed by atoms with Gasteiger partial charge in [-0.15, -0.1) is 12.4 Å². The maximum atomic E-state index is 11.7. The molecule has 1 heterocycles. The van der Waals surface area contributed by atoms with Gasteiger partial charge in [0.05, 0.1) is 12.2 Å². The van der Waals surface area contributed by atoms with Crippen LogP contribution in [0.4, 0.5) is 0 Å². The SMILES string of the molecule is CC1CCCCN1CCCCCCOC(=O)c1ccccc1.Cl. The number of ether oxygens (including phenoxy) is 1. The molecule has 0 aromatic heterocycles. The molecule has 0 radical (unpaired) electrons. The molecule has 1 aliphatic rings. The van der Waals surface area contributed by atoms with Crippen molar-refractivity contribution < 1.29 is 9.53 Å². The zero-order valence-corrected chi connectivity index (χ0v) is 15.0. The number of piperidine rings is 1. The molecule has 0 aliphatic carbocycles. The van der Waals surface area contributed by atoms with E-state index in [0.717, 1.165) is 18.9 Å². The van der Waals surface area contributed by atoms with Crippen molar-refractivity contribution in [3.63, 3.8) is 0 Å². The van der Waals surface area contributed by atoms with Gasteiger partial charge >= 0.3 is 5.97 Å². The maximum Gasteiger partial charge on any atom is 0.338 e. The van der Waals surface area contributed by atoms with Gasteiger partial charge in [0.15, 0.2) is 0 Å². The highest BCUT2D eigenvalue weighted by Crippen LogP contribution is 2.17. The van der Waals surface area contributed by atoms with Gasteiger partial charge in [0.2, 0.25) is 0 Å². The lowest BCUT2D eigenvalue weighted by Gasteiger charge is -2.33. The molecule has 1 atom stereocenters. The van der Waals surface area contributed by atoms with Crippen molar-refractivity contribution in [2.45, 2.75) is 57.9 Å². The average Bonchev–Trinajstić information content (AvgIpc) is 2.56. The van der Waals surface area contributed by atoms with E-state index in [2.05, 4.69) is 11.8 Å². The van der Waals surface area contributed by atoms with Crippen LogP contribution in [0.1, 0.15) is 62.2 Å². The molecule has 1 fully saturated rings. The second-order valence-corrected chi connectivity index (χ2v) is 6.30. The van der Waals surface area contributed by atoms with Crippen LogP contribution in [0.3, 0.4) is 0 Å². The third kappa shape index (κ3) is 7.36. The molecule has 0 amide bonds. The van der Waals surface area contributed by atoms with E-state index >= 15 is 0 Å². The lowest BCUT2D eigenvalue weighted by atomic mass is 10.0. The van der Waals surface area contributed by atoms with Crippen LogP contribution in [0.15, 0.2) is 30.3 Å². The Labute approximate surface area is 146 Å². The molecule has 1 aromatic rings. The first-order chi connectivity index (χ1) is 10.8. The fraction of sp³-hybridized carbons (Fsp3) is 0.632. The third-order valence-corrected chi connectivity index (χ3v) is 4.52. The Balaban J connectivity index is 0.00000264. The smallest absolute Gasteiger partial charge is 0.338 e. The topological polar surface area (TPSA) is 29.5 Å². The standard InChI is InChI=1S/C19H29NO2.ClH/c1-17-11-7-9-15-20(17)14-8-2-3-10-16-22-19(21)18-12-5-4-6-13-18;/h4-6,12-13,17H,2-3,7-11,14-16H2,1H3;1H. The van der Waals surface area contributed by atoms with E-state index < -0.39 is 0 Å². The number of rotatable bonds is 8. The van der Waals surface area contributed by atoms with Crippen LogP contribution >= 0.6 is 12.4 Å². The van der Waals surface area contributed by atoms with Crippen molar-refractivity contribution in [2.75, 3.05) is 19.7 Å². The van der Waals surface area contributed by atoms with Crippen LogP contribution < -0.4 is 0 Å². The van der Waals surface area contributed by atoms with Gasteiger partial charge < -0.3 is 9.64 Å². The average molecular weight is 340 g/mol. The molecular formula is C19H30ClNO2. The molecule has 0 spiro atoms. The molecule has 130 valence electrons. The Bertz CT molecular complexity index is 438. The Kier molecular flexibility index (Phi) is 9.97. The quantitative estimate of drug-likeness (QED) is 0.508. The number of carbonyl (C=O) groups is 1. The molecule has 1 aliphatic heterocycles. The molecule has 1 saturated heterocycles. The molecule has 0 bridgehead atoms. The monoisotopic (exact) mass is 339 g/mol. The summed E-state index contributed by atoms with van der Waals surface area (Å²) in [5, 5.41) is 0. The number of nitrogens with zero attached hydrogens (tertiary/aromatic N) is 1. The Morgan fingerprint density at radius 2 is 1.87 bits per heavy atom. The summed E-state index contributed by atoms with van der Waals surface area (Å²) in [6, 6.07) is 9.97. The summed E-state index contributed by atoms with van der Waals surface area (Å²) in [6.07, 6.45) is 8.71. The number of unbranched alkanes of at least 4 members (excludes halogenated alkanes) is 3. The largest absolute Gasteiger partial charge is 0.462 e. The fourth-order valence-corrected chi connectivity index (χ4v) is 3.08. The minimum absolute atomic E-state index is 0. The van der Waals surface area contributed by atoms with E-state index in [9.17, 15) is 4.79 Å². The van der Waals surface area contributed by atoms with Crippen molar-refractivity contribution in [3.05, 3.63) is 35.9 Å². The Hall–Kier alpha value is -1.06. The van der Waals surface area contributed by atoms with E-state index in [1.54, 1.807) is 12.1 Å². The number of carbonyl (C=O) groups excluding carboxylic acids is 1. The summed E-state index contributed by atoms with van der Waals surface area (Å²) < 4.78 is 5.29. The first-order valence-corrected chi connectivity index (χ1v) is 8.73. The van der Waals surface area contributed by atoms with E-state index in [4.69, 9.17) is 4.74 Å². The second-order valence-electron chi connectivity index (χ2n) is 6.30. The molecule has 0 N–H and O–H groups in total. The molecular weight excluding hydrogens is 310 g/mol. The number of halogens is 1. The second kappa shape index (κ2) is 11.5. The van der Waals surface area contributed by atoms with Gasteiger partial charge in [0.1, 0.15) is 0 Å². The van der Waals surface area contributed by atoms with Gasteiger partial charge in [-0.05, 0) is 57.8 Å². The normalized spacial score (nSPS) is 18.2. The number of likely N-dealkylation sites (tertiary alicyclic amines) is 1. The summed E-state index contributed by atoms with van der Waals surface area (Å²) in [5.74, 6) is -0.206. The minimum Gasteiger partial charge on any atom is -0.462 e. The molecule has 0 saturated carbocycles. The number of hydrogen-bond donors (Lipinski definition) is 0. The summed E-state index contributed by atoms with van der Waals surface area (Å²) in [7, 11) is 0. The van der Waals surface area contributed by atoms with Crippen LogP contribution in [-0.2, 0) is 4.74 Å². The van der Waals surface area contributed by atoms with Crippen molar-refractivity contribution in [3.8, 4) is 0 Å². The molecule has 2 rings (SSSR count). The van der Waals surface area contributed by atoms with Crippen LogP contribution in [0.5, 0.6) is 0 Å². The maximum absolute atomic E-state index is 11.7. The Morgan fingerprint density at radius 1 is 1.13 bits per heavy atom. The van der Waals surface area contributed by atoms with Gasteiger partial charge in [0, 0.05) is 6.04 Å². The summed E-state index contributed by atoms with van der Waals surface area (Å²) in [6.45, 7) is 5.39. The highest BCUT2D eigenvalue weighted by atomic mass is 35.5. The summed E-state index contributed by atoms with van der Waals surface area (Å²) in [5.41, 5.74) is 0.640. The van der Waals surface area contributed by atoms with E-state index in [0.29, 0.717) is 12.2 Å². The van der Waals surface area contributed by atoms with Gasteiger partial charge in [-0.25, -0.2) is 4.79 Å². The number of hydrogen-bond acceptors (Lipinski definition) is 3. The predicted octanol–water partition coefficient (Wildman–Crippen LogP) is 4.70. The molecule has 4 heteroatoms. The van der Waals surface area contributed by atoms with Crippen molar-refractivity contribution >= 4 is 18.4 Å². The van der Waals surface area contributed by atoms with Crippen molar-refractivity contribution in [1.82, 2.24) is 4.90 Å². The van der Waals surface area contributed by atoms with Gasteiger partial charge in [-0.1, -0.05) is 37.5 Å². The Morgan fingerprint density at radius 3 is 2.61 bits per heavy atom. The zero-order valence-electron chi connectivity index (χ0n) is 14.2. The van der Waals surface area contributed by atoms with E-state index in [1.165, 1.54) is 45.2 Å². The molecule has 3 nitrogen and oxygen atoms in total. The van der Waals surface area contributed by atoms with Crippen molar-refractivity contribution in [2.24, 2.45) is 0 Å². The van der Waals surface area contributed by atoms with E-state index in [1.807, 2.05) is 18.2 Å². The third-order valence-electron chi connectivity index (χ3n) is 4.52. The van der Waals surface area contributed by atoms with Crippen LogP contribution in [0.25, 0.3) is 0 Å². The van der Waals surface area contributed by atoms with Gasteiger partial charge in [0.25, 0.3) is 0 Å². The van der Waals surface area contributed by atoms with Gasteiger partial charge in [-0.2, -0.15) is 0 Å². The zero-order chi connectivity index (χ0) is 15.6. The lowest BCUT2D eigenvalue weighted by Crippen LogP contribution is -2.37. The first-order valence-electron chi connectivity index (χ1n) is 8.73. The summed E-state index contributed by atoms with van der Waals surface area (Å²) in [4.78, 5) is 14.4. The lowest BCUT2D eigenvalue weighted by molar-refractivity contribution is 0.0497. The highest BCUT2D eigenvalue weighted by molar-refractivity contribution is 5.89.